The summed E-state index contributed by atoms with van der Waals surface area (Å²) in [6.07, 6.45) is 2.67. The van der Waals surface area contributed by atoms with E-state index in [4.69, 9.17) is 5.26 Å². The van der Waals surface area contributed by atoms with Crippen LogP contribution in [-0.4, -0.2) is 12.6 Å². The molecule has 1 aromatic carbocycles. The minimum absolute atomic E-state index is 0.717. The molecule has 0 aromatic heterocycles. The molecule has 0 spiro atoms. The van der Waals surface area contributed by atoms with E-state index in [9.17, 15) is 0 Å². The maximum atomic E-state index is 9.00. The highest BCUT2D eigenvalue weighted by Crippen LogP contribution is 2.43. The lowest BCUT2D eigenvalue weighted by molar-refractivity contribution is 0.381. The van der Waals surface area contributed by atoms with Crippen LogP contribution in [0.25, 0.3) is 0 Å². The summed E-state index contributed by atoms with van der Waals surface area (Å²) in [6.45, 7) is 1.16. The minimum Gasteiger partial charge on any atom is -0.367 e. The third-order valence-corrected chi connectivity index (χ3v) is 3.44. The number of nitrogens with zero attached hydrogens (tertiary/aromatic N) is 2. The molecule has 0 radical (unpaired) electrons. The van der Waals surface area contributed by atoms with Gasteiger partial charge in [0.2, 0.25) is 0 Å². The Bertz CT molecular complexity index is 399. The summed E-state index contributed by atoms with van der Waals surface area (Å²) in [4.78, 5) is 2.41. The average Bonchev–Trinajstić information content (AvgIpc) is 2.75. The number of benzene rings is 1. The lowest BCUT2D eigenvalue weighted by Crippen LogP contribution is -2.28. The molecule has 70 valence electrons. The van der Waals surface area contributed by atoms with E-state index in [0.29, 0.717) is 0 Å². The molecule has 2 heterocycles. The number of nitriles is 1. The van der Waals surface area contributed by atoms with E-state index in [1.807, 2.05) is 18.2 Å². The van der Waals surface area contributed by atoms with Crippen LogP contribution in [0.4, 0.5) is 5.69 Å². The molecule has 2 nitrogen and oxygen atoms in total. The van der Waals surface area contributed by atoms with Gasteiger partial charge in [-0.3, -0.25) is 0 Å². The molecule has 1 aromatic rings. The second-order valence-electron chi connectivity index (χ2n) is 4.27. The molecular formula is C12H12N2. The van der Waals surface area contributed by atoms with Crippen LogP contribution in [0, 0.1) is 17.2 Å². The highest BCUT2D eigenvalue weighted by Gasteiger charge is 2.43. The number of hydrogen-bond donors (Lipinski definition) is 0. The number of rotatable bonds is 1. The van der Waals surface area contributed by atoms with E-state index in [-0.39, 0.29) is 0 Å². The van der Waals surface area contributed by atoms with Gasteiger partial charge in [-0.05, 0) is 30.9 Å². The van der Waals surface area contributed by atoms with Gasteiger partial charge in [-0.1, -0.05) is 12.1 Å². The van der Waals surface area contributed by atoms with Crippen molar-refractivity contribution in [3.63, 3.8) is 0 Å². The van der Waals surface area contributed by atoms with Gasteiger partial charge >= 0.3 is 0 Å². The Balaban J connectivity index is 2.00. The van der Waals surface area contributed by atoms with Crippen molar-refractivity contribution < 1.29 is 0 Å². The van der Waals surface area contributed by atoms with Crippen LogP contribution in [0.3, 0.4) is 0 Å². The molecular weight excluding hydrogens is 172 g/mol. The van der Waals surface area contributed by atoms with E-state index >= 15 is 0 Å². The van der Waals surface area contributed by atoms with Gasteiger partial charge in [0.25, 0.3) is 0 Å². The average molecular weight is 184 g/mol. The van der Waals surface area contributed by atoms with Gasteiger partial charge in [0.05, 0.1) is 11.3 Å². The van der Waals surface area contributed by atoms with Gasteiger partial charge in [-0.2, -0.15) is 5.26 Å². The first-order valence-corrected chi connectivity index (χ1v) is 5.14. The third-order valence-electron chi connectivity index (χ3n) is 3.44. The van der Waals surface area contributed by atoms with Crippen molar-refractivity contribution in [2.24, 2.45) is 5.92 Å². The summed E-state index contributed by atoms with van der Waals surface area (Å²) < 4.78 is 0. The monoisotopic (exact) mass is 184 g/mol. The summed E-state index contributed by atoms with van der Waals surface area (Å²) in [5.41, 5.74) is 1.96. The second kappa shape index (κ2) is 2.75. The van der Waals surface area contributed by atoms with Gasteiger partial charge < -0.3 is 4.90 Å². The first-order chi connectivity index (χ1) is 6.88. The number of anilines is 1. The van der Waals surface area contributed by atoms with Gasteiger partial charge in [0.15, 0.2) is 0 Å². The molecule has 2 saturated heterocycles. The summed E-state index contributed by atoms with van der Waals surface area (Å²) in [7, 11) is 0. The Morgan fingerprint density at radius 2 is 2.07 bits per heavy atom. The van der Waals surface area contributed by atoms with E-state index in [0.717, 1.165) is 29.8 Å². The molecule has 1 aliphatic carbocycles. The van der Waals surface area contributed by atoms with E-state index < -0.39 is 0 Å². The van der Waals surface area contributed by atoms with Crippen molar-refractivity contribution in [3.8, 4) is 6.07 Å². The van der Waals surface area contributed by atoms with Crippen molar-refractivity contribution in [1.29, 1.82) is 5.26 Å². The van der Waals surface area contributed by atoms with Gasteiger partial charge in [0, 0.05) is 12.6 Å². The molecule has 0 amide bonds. The van der Waals surface area contributed by atoms with Crippen molar-refractivity contribution in [3.05, 3.63) is 29.8 Å². The number of fused-ring (bicyclic) bond motifs is 1. The van der Waals surface area contributed by atoms with E-state index in [1.165, 1.54) is 12.8 Å². The lowest BCUT2D eigenvalue weighted by Gasteiger charge is -2.27. The molecule has 0 unspecified atom stereocenters. The first kappa shape index (κ1) is 7.87. The van der Waals surface area contributed by atoms with Crippen molar-refractivity contribution in [2.45, 2.75) is 18.9 Å². The second-order valence-corrected chi connectivity index (χ2v) is 4.27. The Hall–Kier alpha value is -1.49. The third kappa shape index (κ3) is 0.957. The zero-order valence-electron chi connectivity index (χ0n) is 7.98. The van der Waals surface area contributed by atoms with Gasteiger partial charge in [-0.25, -0.2) is 0 Å². The zero-order valence-corrected chi connectivity index (χ0v) is 7.98. The van der Waals surface area contributed by atoms with Crippen LogP contribution in [0.2, 0.25) is 0 Å². The van der Waals surface area contributed by atoms with E-state index in [2.05, 4.69) is 17.0 Å². The topological polar surface area (TPSA) is 27.0 Å². The standard InChI is InChI=1S/C12H12N2/c13-7-10-3-1-2-4-12(10)14-8-9-5-11(14)6-9/h1-4,9,11H,5-6,8H2. The fourth-order valence-corrected chi connectivity index (χ4v) is 2.64. The molecule has 0 N–H and O–H groups in total. The zero-order chi connectivity index (χ0) is 9.54. The van der Waals surface area contributed by atoms with Crippen molar-refractivity contribution >= 4 is 5.69 Å². The summed E-state index contributed by atoms with van der Waals surface area (Å²) in [6, 6.07) is 10.9. The fraction of sp³-hybridized carbons (Fsp3) is 0.417. The van der Waals surface area contributed by atoms with Crippen LogP contribution in [-0.2, 0) is 0 Å². The molecule has 3 aliphatic rings. The lowest BCUT2D eigenvalue weighted by atomic mass is 9.86. The summed E-state index contributed by atoms with van der Waals surface area (Å²) in [5, 5.41) is 9.00. The number of hydrogen-bond acceptors (Lipinski definition) is 2. The SMILES string of the molecule is N#Cc1ccccc1N1CC2CC1C2. The Morgan fingerprint density at radius 3 is 2.71 bits per heavy atom. The van der Waals surface area contributed by atoms with Crippen LogP contribution >= 0.6 is 0 Å². The highest BCUT2D eigenvalue weighted by atomic mass is 15.2. The van der Waals surface area contributed by atoms with Gasteiger partial charge in [-0.15, -0.1) is 0 Å². The molecule has 14 heavy (non-hydrogen) atoms. The summed E-state index contributed by atoms with van der Waals surface area (Å²) >= 11 is 0. The van der Waals surface area contributed by atoms with Gasteiger partial charge in [0.1, 0.15) is 6.07 Å². The maximum absolute atomic E-state index is 9.00. The molecule has 2 bridgehead atoms. The maximum Gasteiger partial charge on any atom is 0.101 e. The summed E-state index contributed by atoms with van der Waals surface area (Å²) in [5.74, 6) is 0.895. The Labute approximate surface area is 83.8 Å². The first-order valence-electron chi connectivity index (χ1n) is 5.14. The fourth-order valence-electron chi connectivity index (χ4n) is 2.64. The van der Waals surface area contributed by atoms with E-state index in [1.54, 1.807) is 0 Å². The molecule has 4 rings (SSSR count). The Kier molecular flexibility index (Phi) is 1.55. The van der Waals surface area contributed by atoms with Crippen LogP contribution in [0.5, 0.6) is 0 Å². The predicted molar refractivity (Wildman–Crippen MR) is 55.0 cm³/mol. The van der Waals surface area contributed by atoms with Crippen molar-refractivity contribution in [2.75, 3.05) is 11.4 Å². The molecule has 0 atom stereocenters. The van der Waals surface area contributed by atoms with Crippen LogP contribution in [0.15, 0.2) is 24.3 Å². The smallest absolute Gasteiger partial charge is 0.101 e. The van der Waals surface area contributed by atoms with Crippen LogP contribution < -0.4 is 4.90 Å². The number of para-hydroxylation sites is 1. The molecule has 2 aliphatic heterocycles. The van der Waals surface area contributed by atoms with Crippen LogP contribution in [0.1, 0.15) is 18.4 Å². The van der Waals surface area contributed by atoms with Crippen molar-refractivity contribution in [1.82, 2.24) is 0 Å². The molecule has 3 fully saturated rings. The largest absolute Gasteiger partial charge is 0.367 e. The minimum atomic E-state index is 0.717. The highest BCUT2D eigenvalue weighted by molar-refractivity contribution is 5.61. The quantitative estimate of drug-likeness (QED) is 0.668. The normalized spacial score (nSPS) is 28.4. The molecule has 2 heteroatoms. The predicted octanol–water partition coefficient (Wildman–Crippen LogP) is 2.16. The Morgan fingerprint density at radius 1 is 1.29 bits per heavy atom. The molecule has 1 saturated carbocycles.